The van der Waals surface area contributed by atoms with Crippen molar-refractivity contribution in [2.75, 3.05) is 25.0 Å². The maximum atomic E-state index is 12.7. The largest absolute Gasteiger partial charge is 0.462 e. The van der Waals surface area contributed by atoms with E-state index in [0.29, 0.717) is 29.4 Å². The predicted octanol–water partition coefficient (Wildman–Crippen LogP) is 3.58. The summed E-state index contributed by atoms with van der Waals surface area (Å²) in [7, 11) is 0. The van der Waals surface area contributed by atoms with Crippen molar-refractivity contribution in [3.05, 3.63) is 34.0 Å². The summed E-state index contributed by atoms with van der Waals surface area (Å²) >= 11 is 1.48. The molecule has 1 N–H and O–H groups in total. The summed E-state index contributed by atoms with van der Waals surface area (Å²) in [6.45, 7) is 9.55. The van der Waals surface area contributed by atoms with Crippen LogP contribution in [0.3, 0.4) is 0 Å². The second-order valence-electron chi connectivity index (χ2n) is 6.44. The molecule has 1 aliphatic rings. The Morgan fingerprint density at radius 3 is 2.79 bits per heavy atom. The lowest BCUT2D eigenvalue weighted by atomic mass is 10.0. The van der Waals surface area contributed by atoms with E-state index in [1.165, 1.54) is 11.3 Å². The fourth-order valence-corrected chi connectivity index (χ4v) is 4.69. The summed E-state index contributed by atoms with van der Waals surface area (Å²) in [4.78, 5) is 28.9. The molecule has 0 aliphatic carbocycles. The highest BCUT2D eigenvalue weighted by atomic mass is 35.5. The van der Waals surface area contributed by atoms with Crippen molar-refractivity contribution in [3.63, 3.8) is 0 Å². The van der Waals surface area contributed by atoms with E-state index >= 15 is 0 Å². The topological polar surface area (TPSA) is 76.5 Å². The molecule has 0 saturated carbocycles. The zero-order valence-corrected chi connectivity index (χ0v) is 18.1. The van der Waals surface area contributed by atoms with Gasteiger partial charge in [0.15, 0.2) is 0 Å². The third-order valence-electron chi connectivity index (χ3n) is 4.63. The summed E-state index contributed by atoms with van der Waals surface area (Å²) in [6.07, 6.45) is 3.49. The van der Waals surface area contributed by atoms with Gasteiger partial charge in [0.25, 0.3) is 5.91 Å². The van der Waals surface area contributed by atoms with E-state index in [1.54, 1.807) is 23.9 Å². The molecule has 1 aliphatic heterocycles. The highest BCUT2D eigenvalue weighted by Crippen LogP contribution is 2.38. The Kier molecular flexibility index (Phi) is 8.03. The van der Waals surface area contributed by atoms with Crippen molar-refractivity contribution >= 4 is 40.6 Å². The normalized spacial score (nSPS) is 13.5. The minimum atomic E-state index is -0.363. The molecule has 0 spiro atoms. The molecule has 9 heteroatoms. The summed E-state index contributed by atoms with van der Waals surface area (Å²) < 4.78 is 6.90. The number of nitrogens with one attached hydrogen (secondary N) is 1. The molecule has 1 amide bonds. The minimum absolute atomic E-state index is 0. The van der Waals surface area contributed by atoms with Crippen LogP contribution in [0.4, 0.5) is 5.00 Å². The first-order chi connectivity index (χ1) is 13.1. The standard InChI is InChI=1S/C19H26N4O3S.ClH/c1-4-10-22-11-8-13-15(12-22)27-18(16(13)19(25)26-6-3)21-17(24)14-7-9-20-23(14)5-2;/h7,9H,4-6,8,10-12H2,1-3H3,(H,21,24);1H. The van der Waals surface area contributed by atoms with E-state index in [0.717, 1.165) is 42.9 Å². The summed E-state index contributed by atoms with van der Waals surface area (Å²) in [5, 5.41) is 7.65. The number of halogens is 1. The van der Waals surface area contributed by atoms with Crippen molar-refractivity contribution in [2.24, 2.45) is 0 Å². The number of aromatic nitrogens is 2. The van der Waals surface area contributed by atoms with E-state index in [9.17, 15) is 9.59 Å². The van der Waals surface area contributed by atoms with Crippen molar-refractivity contribution in [1.29, 1.82) is 0 Å². The third-order valence-corrected chi connectivity index (χ3v) is 5.76. The molecular formula is C19H27ClN4O3S. The molecule has 3 rings (SSSR count). The Balaban J connectivity index is 0.00000280. The Labute approximate surface area is 175 Å². The van der Waals surface area contributed by atoms with E-state index in [1.807, 2.05) is 6.92 Å². The zero-order chi connectivity index (χ0) is 19.4. The van der Waals surface area contributed by atoms with E-state index in [-0.39, 0.29) is 24.3 Å². The molecule has 0 aromatic carbocycles. The van der Waals surface area contributed by atoms with Gasteiger partial charge in [0.2, 0.25) is 0 Å². The molecule has 154 valence electrons. The van der Waals surface area contributed by atoms with Crippen LogP contribution in [0.15, 0.2) is 12.3 Å². The first kappa shape index (κ1) is 22.4. The fraction of sp³-hybridized carbons (Fsp3) is 0.526. The van der Waals surface area contributed by atoms with E-state index in [2.05, 4.69) is 22.2 Å². The quantitative estimate of drug-likeness (QED) is 0.684. The van der Waals surface area contributed by atoms with E-state index in [4.69, 9.17) is 4.74 Å². The maximum absolute atomic E-state index is 12.7. The average molecular weight is 427 g/mol. The van der Waals surface area contributed by atoms with Crippen LogP contribution in [0.5, 0.6) is 0 Å². The van der Waals surface area contributed by atoms with Gasteiger partial charge in [-0.1, -0.05) is 6.92 Å². The van der Waals surface area contributed by atoms with Gasteiger partial charge in [-0.3, -0.25) is 14.4 Å². The van der Waals surface area contributed by atoms with Crippen LogP contribution in [0.25, 0.3) is 0 Å². The van der Waals surface area contributed by atoms with Gasteiger partial charge in [0, 0.05) is 30.7 Å². The number of ether oxygens (including phenoxy) is 1. The van der Waals surface area contributed by atoms with Crippen LogP contribution < -0.4 is 5.32 Å². The van der Waals surface area contributed by atoms with Crippen molar-refractivity contribution in [3.8, 4) is 0 Å². The number of aryl methyl sites for hydroxylation is 1. The predicted molar refractivity (Wildman–Crippen MR) is 113 cm³/mol. The minimum Gasteiger partial charge on any atom is -0.462 e. The lowest BCUT2D eigenvalue weighted by molar-refractivity contribution is 0.0526. The molecule has 3 heterocycles. The number of esters is 1. The molecular weight excluding hydrogens is 400 g/mol. The van der Waals surface area contributed by atoms with Crippen LogP contribution >= 0.6 is 23.7 Å². The van der Waals surface area contributed by atoms with E-state index < -0.39 is 0 Å². The van der Waals surface area contributed by atoms with Gasteiger partial charge in [0.05, 0.1) is 12.2 Å². The number of hydrogen-bond acceptors (Lipinski definition) is 6. The second-order valence-corrected chi connectivity index (χ2v) is 7.55. The van der Waals surface area contributed by atoms with Gasteiger partial charge in [-0.15, -0.1) is 23.7 Å². The number of amides is 1. The van der Waals surface area contributed by atoms with Gasteiger partial charge in [-0.2, -0.15) is 5.10 Å². The number of carbonyl (C=O) groups is 2. The van der Waals surface area contributed by atoms with Gasteiger partial charge >= 0.3 is 5.97 Å². The molecule has 0 fully saturated rings. The molecule has 0 unspecified atom stereocenters. The zero-order valence-electron chi connectivity index (χ0n) is 16.5. The highest BCUT2D eigenvalue weighted by molar-refractivity contribution is 7.17. The fourth-order valence-electron chi connectivity index (χ4n) is 3.42. The lowest BCUT2D eigenvalue weighted by Crippen LogP contribution is -2.30. The number of rotatable bonds is 7. The average Bonchev–Trinajstić information content (AvgIpc) is 3.25. The van der Waals surface area contributed by atoms with Crippen molar-refractivity contribution < 1.29 is 14.3 Å². The molecule has 2 aromatic rings. The lowest BCUT2D eigenvalue weighted by Gasteiger charge is -2.26. The van der Waals surface area contributed by atoms with Gasteiger partial charge in [-0.05, 0) is 44.9 Å². The number of nitrogens with zero attached hydrogens (tertiary/aromatic N) is 3. The number of anilines is 1. The van der Waals surface area contributed by atoms with Gasteiger partial charge in [-0.25, -0.2) is 4.79 Å². The maximum Gasteiger partial charge on any atom is 0.341 e. The molecule has 28 heavy (non-hydrogen) atoms. The summed E-state index contributed by atoms with van der Waals surface area (Å²) in [5.74, 6) is -0.623. The number of fused-ring (bicyclic) bond motifs is 1. The molecule has 0 radical (unpaired) electrons. The molecule has 0 saturated heterocycles. The molecule has 7 nitrogen and oxygen atoms in total. The highest BCUT2D eigenvalue weighted by Gasteiger charge is 2.29. The third kappa shape index (κ3) is 4.56. The smallest absolute Gasteiger partial charge is 0.341 e. The van der Waals surface area contributed by atoms with Gasteiger partial charge < -0.3 is 10.1 Å². The first-order valence-electron chi connectivity index (χ1n) is 9.46. The van der Waals surface area contributed by atoms with Crippen molar-refractivity contribution in [1.82, 2.24) is 14.7 Å². The van der Waals surface area contributed by atoms with Crippen LogP contribution in [0.1, 0.15) is 58.5 Å². The second kappa shape index (κ2) is 10.0. The van der Waals surface area contributed by atoms with Gasteiger partial charge in [0.1, 0.15) is 10.7 Å². The van der Waals surface area contributed by atoms with Crippen LogP contribution in [0, 0.1) is 0 Å². The molecule has 2 aromatic heterocycles. The Morgan fingerprint density at radius 2 is 2.11 bits per heavy atom. The Morgan fingerprint density at radius 1 is 1.32 bits per heavy atom. The SMILES string of the molecule is CCCN1CCc2c(sc(NC(=O)c3ccnn3CC)c2C(=O)OCC)C1.Cl. The van der Waals surface area contributed by atoms with Crippen molar-refractivity contribution in [2.45, 2.75) is 46.7 Å². The first-order valence-corrected chi connectivity index (χ1v) is 10.3. The van der Waals surface area contributed by atoms with Crippen LogP contribution in [0.2, 0.25) is 0 Å². The summed E-state index contributed by atoms with van der Waals surface area (Å²) in [5.41, 5.74) is 2.01. The Hall–Kier alpha value is -1.90. The number of hydrogen-bond donors (Lipinski definition) is 1. The van der Waals surface area contributed by atoms with Crippen LogP contribution in [-0.2, 0) is 24.2 Å². The Bertz CT molecular complexity index is 833. The monoisotopic (exact) mass is 426 g/mol. The van der Waals surface area contributed by atoms with Crippen LogP contribution in [-0.4, -0.2) is 46.3 Å². The molecule has 0 bridgehead atoms. The summed E-state index contributed by atoms with van der Waals surface area (Å²) in [6, 6.07) is 1.68. The number of carbonyl (C=O) groups excluding carboxylic acids is 2. The number of thiophene rings is 1. The molecule has 0 atom stereocenters.